The third-order valence-corrected chi connectivity index (χ3v) is 5.68. The van der Waals surface area contributed by atoms with Crippen molar-refractivity contribution in [3.63, 3.8) is 0 Å². The number of methoxy groups -OCH3 is 2. The minimum absolute atomic E-state index is 0.205. The number of rotatable bonds is 7. The van der Waals surface area contributed by atoms with Crippen molar-refractivity contribution in [2.24, 2.45) is 5.10 Å². The van der Waals surface area contributed by atoms with Gasteiger partial charge in [0, 0.05) is 22.6 Å². The van der Waals surface area contributed by atoms with Gasteiger partial charge < -0.3 is 9.47 Å². The number of carbonyl (C=O) groups is 1. The molecule has 4 aromatic rings. The topological polar surface area (TPSA) is 94.8 Å². The van der Waals surface area contributed by atoms with E-state index in [1.165, 1.54) is 35.6 Å². The van der Waals surface area contributed by atoms with Gasteiger partial charge in [0.1, 0.15) is 22.9 Å². The number of amides is 1. The quantitative estimate of drug-likeness (QED) is 0.346. The molecule has 9 heteroatoms. The van der Waals surface area contributed by atoms with Crippen LogP contribution in [0, 0.1) is 0 Å². The lowest BCUT2D eigenvalue weighted by molar-refractivity contribution is -0.121. The van der Waals surface area contributed by atoms with Gasteiger partial charge in [-0.3, -0.25) is 14.2 Å². The third-order valence-electron chi connectivity index (χ3n) is 4.79. The molecule has 0 spiro atoms. The predicted molar refractivity (Wildman–Crippen MR) is 125 cm³/mol. The first-order valence-corrected chi connectivity index (χ1v) is 10.5. The molecule has 0 saturated carbocycles. The number of fused-ring (bicyclic) bond motifs is 1. The Morgan fingerprint density at radius 2 is 2.00 bits per heavy atom. The fourth-order valence-corrected chi connectivity index (χ4v) is 4.11. The summed E-state index contributed by atoms with van der Waals surface area (Å²) in [6.07, 6.45) is 2.85. The molecule has 0 unspecified atom stereocenters. The Morgan fingerprint density at radius 1 is 1.19 bits per heavy atom. The van der Waals surface area contributed by atoms with E-state index < -0.39 is 5.91 Å². The number of hydrogen-bond acceptors (Lipinski definition) is 7. The summed E-state index contributed by atoms with van der Waals surface area (Å²) in [6.45, 7) is -0.205. The van der Waals surface area contributed by atoms with E-state index in [2.05, 4.69) is 15.5 Å². The van der Waals surface area contributed by atoms with Crippen molar-refractivity contribution < 1.29 is 14.3 Å². The van der Waals surface area contributed by atoms with Crippen LogP contribution in [0.2, 0.25) is 0 Å². The van der Waals surface area contributed by atoms with Gasteiger partial charge in [0.2, 0.25) is 0 Å². The Kier molecular flexibility index (Phi) is 6.27. The minimum atomic E-state index is -0.450. The molecule has 0 aliphatic heterocycles. The van der Waals surface area contributed by atoms with Gasteiger partial charge in [-0.1, -0.05) is 30.3 Å². The zero-order valence-electron chi connectivity index (χ0n) is 17.4. The van der Waals surface area contributed by atoms with Gasteiger partial charge >= 0.3 is 0 Å². The molecule has 0 radical (unpaired) electrons. The average molecular weight is 449 g/mol. The van der Waals surface area contributed by atoms with Crippen LogP contribution in [0.15, 0.2) is 70.1 Å². The van der Waals surface area contributed by atoms with Crippen LogP contribution in [0.1, 0.15) is 5.56 Å². The number of aromatic nitrogens is 2. The standard InChI is InChI=1S/C23H20N4O4S/c1-30-17-9-8-16(19(10-17)31-2)11-25-26-20(28)12-27-14-24-22-21(23(27)29)18(13-32-22)15-6-4-3-5-7-15/h3-11,13-14H,12H2,1-2H3,(H,26,28)/b25-11-. The Labute approximate surface area is 187 Å². The van der Waals surface area contributed by atoms with Crippen LogP contribution in [0.5, 0.6) is 11.5 Å². The summed E-state index contributed by atoms with van der Waals surface area (Å²) < 4.78 is 11.7. The summed E-state index contributed by atoms with van der Waals surface area (Å²) in [5.74, 6) is 0.751. The number of hydrazone groups is 1. The fourth-order valence-electron chi connectivity index (χ4n) is 3.20. The minimum Gasteiger partial charge on any atom is -0.497 e. The maximum Gasteiger partial charge on any atom is 0.263 e. The highest BCUT2D eigenvalue weighted by Gasteiger charge is 2.14. The molecule has 8 nitrogen and oxygen atoms in total. The Morgan fingerprint density at radius 3 is 2.75 bits per heavy atom. The summed E-state index contributed by atoms with van der Waals surface area (Å²) >= 11 is 1.40. The van der Waals surface area contributed by atoms with Gasteiger partial charge in [-0.25, -0.2) is 10.4 Å². The highest BCUT2D eigenvalue weighted by molar-refractivity contribution is 7.17. The Bertz CT molecular complexity index is 1350. The lowest BCUT2D eigenvalue weighted by Gasteiger charge is -2.07. The first-order valence-electron chi connectivity index (χ1n) is 9.66. The van der Waals surface area contributed by atoms with Crippen LogP contribution >= 0.6 is 11.3 Å². The molecule has 1 amide bonds. The molecule has 0 saturated heterocycles. The highest BCUT2D eigenvalue weighted by Crippen LogP contribution is 2.30. The molecule has 1 N–H and O–H groups in total. The molecule has 0 aliphatic rings. The maximum absolute atomic E-state index is 13.0. The summed E-state index contributed by atoms with van der Waals surface area (Å²) in [5, 5.41) is 6.38. The van der Waals surface area contributed by atoms with Crippen LogP contribution in [-0.2, 0) is 11.3 Å². The maximum atomic E-state index is 13.0. The van der Waals surface area contributed by atoms with E-state index in [-0.39, 0.29) is 12.1 Å². The van der Waals surface area contributed by atoms with Crippen LogP contribution in [0.3, 0.4) is 0 Å². The number of benzene rings is 2. The lowest BCUT2D eigenvalue weighted by Crippen LogP contribution is -2.30. The molecule has 2 heterocycles. The van der Waals surface area contributed by atoms with Crippen molar-refractivity contribution in [2.75, 3.05) is 14.2 Å². The number of nitrogens with zero attached hydrogens (tertiary/aromatic N) is 3. The second-order valence-electron chi connectivity index (χ2n) is 6.77. The van der Waals surface area contributed by atoms with Gasteiger partial charge in [0.15, 0.2) is 0 Å². The fraction of sp³-hybridized carbons (Fsp3) is 0.130. The average Bonchev–Trinajstić information content (AvgIpc) is 3.26. The SMILES string of the molecule is COc1ccc(/C=N\NC(=O)Cn2cnc3scc(-c4ccccc4)c3c2=O)c(OC)c1. The third kappa shape index (κ3) is 4.37. The highest BCUT2D eigenvalue weighted by atomic mass is 32.1. The molecule has 2 aromatic heterocycles. The number of nitrogens with one attached hydrogen (secondary N) is 1. The van der Waals surface area contributed by atoms with Crippen LogP contribution in [0.4, 0.5) is 0 Å². The van der Waals surface area contributed by atoms with E-state index in [1.54, 1.807) is 25.3 Å². The first-order chi connectivity index (χ1) is 15.6. The first kappa shape index (κ1) is 21.3. The van der Waals surface area contributed by atoms with Gasteiger partial charge in [0.05, 0.1) is 32.1 Å². The molecule has 0 atom stereocenters. The smallest absolute Gasteiger partial charge is 0.263 e. The van der Waals surface area contributed by atoms with Crippen molar-refractivity contribution in [1.29, 1.82) is 0 Å². The van der Waals surface area contributed by atoms with Crippen LogP contribution in [0.25, 0.3) is 21.3 Å². The lowest BCUT2D eigenvalue weighted by atomic mass is 10.1. The van der Waals surface area contributed by atoms with Crippen molar-refractivity contribution >= 4 is 33.7 Å². The Hall–Kier alpha value is -3.98. The summed E-state index contributed by atoms with van der Waals surface area (Å²) in [5.41, 5.74) is 4.56. The van der Waals surface area contributed by atoms with Crippen LogP contribution < -0.4 is 20.5 Å². The van der Waals surface area contributed by atoms with Gasteiger partial charge in [-0.05, 0) is 17.7 Å². The number of carbonyl (C=O) groups excluding carboxylic acids is 1. The molecule has 162 valence electrons. The second-order valence-corrected chi connectivity index (χ2v) is 7.63. The molecular formula is C23H20N4O4S. The zero-order chi connectivity index (χ0) is 22.5. The normalized spacial score (nSPS) is 11.1. The monoisotopic (exact) mass is 448 g/mol. The summed E-state index contributed by atoms with van der Waals surface area (Å²) in [7, 11) is 3.10. The molecular weight excluding hydrogens is 428 g/mol. The van der Waals surface area contributed by atoms with Crippen molar-refractivity contribution in [3.05, 3.63) is 76.2 Å². The van der Waals surface area contributed by atoms with Crippen molar-refractivity contribution in [1.82, 2.24) is 15.0 Å². The zero-order valence-corrected chi connectivity index (χ0v) is 18.3. The molecule has 4 rings (SSSR count). The predicted octanol–water partition coefficient (Wildman–Crippen LogP) is 3.29. The van der Waals surface area contributed by atoms with Crippen molar-refractivity contribution in [3.8, 4) is 22.6 Å². The summed E-state index contributed by atoms with van der Waals surface area (Å²) in [6, 6.07) is 14.9. The molecule has 32 heavy (non-hydrogen) atoms. The van der Waals surface area contributed by atoms with Gasteiger partial charge in [-0.2, -0.15) is 5.10 Å². The number of hydrogen-bond donors (Lipinski definition) is 1. The second kappa shape index (κ2) is 9.44. The van der Waals surface area contributed by atoms with E-state index in [1.807, 2.05) is 35.7 Å². The molecule has 0 fully saturated rings. The van der Waals surface area contributed by atoms with E-state index in [0.717, 1.165) is 11.1 Å². The van der Waals surface area contributed by atoms with Gasteiger partial charge in [-0.15, -0.1) is 11.3 Å². The van der Waals surface area contributed by atoms with E-state index in [0.29, 0.717) is 27.3 Å². The number of thiophene rings is 1. The van der Waals surface area contributed by atoms with E-state index in [9.17, 15) is 9.59 Å². The molecule has 0 aliphatic carbocycles. The van der Waals surface area contributed by atoms with Gasteiger partial charge in [0.25, 0.3) is 11.5 Å². The molecule has 0 bridgehead atoms. The molecule has 2 aromatic carbocycles. The number of ether oxygens (including phenoxy) is 2. The van der Waals surface area contributed by atoms with E-state index in [4.69, 9.17) is 9.47 Å². The van der Waals surface area contributed by atoms with E-state index >= 15 is 0 Å². The Balaban J connectivity index is 1.51. The largest absolute Gasteiger partial charge is 0.497 e. The van der Waals surface area contributed by atoms with Crippen LogP contribution in [-0.4, -0.2) is 35.9 Å². The van der Waals surface area contributed by atoms with Crippen molar-refractivity contribution in [2.45, 2.75) is 6.54 Å². The summed E-state index contributed by atoms with van der Waals surface area (Å²) in [4.78, 5) is 30.4.